The van der Waals surface area contributed by atoms with Crippen molar-refractivity contribution in [3.63, 3.8) is 0 Å². The van der Waals surface area contributed by atoms with Gasteiger partial charge >= 0.3 is 0 Å². The molecule has 6 aromatic rings. The molecule has 4 aromatic heterocycles. The zero-order valence-corrected chi connectivity index (χ0v) is 40.4. The Hall–Kier alpha value is -6.26. The predicted molar refractivity (Wildman–Crippen MR) is 260 cm³/mol. The summed E-state index contributed by atoms with van der Waals surface area (Å²) in [7, 11) is 3.90. The van der Waals surface area contributed by atoms with E-state index in [-0.39, 0.29) is 23.9 Å². The summed E-state index contributed by atoms with van der Waals surface area (Å²) in [6.45, 7) is 15.6. The van der Waals surface area contributed by atoms with E-state index >= 15 is 0 Å². The highest BCUT2D eigenvalue weighted by Crippen LogP contribution is 2.46. The highest BCUT2D eigenvalue weighted by atomic mass is 16.5. The molecule has 0 radical (unpaired) electrons. The minimum atomic E-state index is 0.127. The second-order valence-electron chi connectivity index (χ2n) is 19.8. The number of benzene rings is 2. The number of nitrogens with zero attached hydrogens (tertiary/aromatic N) is 12. The number of aryl methyl sites for hydroxylation is 2. The van der Waals surface area contributed by atoms with E-state index in [1.54, 1.807) is 13.8 Å². The van der Waals surface area contributed by atoms with Crippen LogP contribution in [0.3, 0.4) is 0 Å². The molecule has 2 aromatic carbocycles. The van der Waals surface area contributed by atoms with Crippen LogP contribution in [0.2, 0.25) is 0 Å². The van der Waals surface area contributed by atoms with Crippen LogP contribution in [0.5, 0.6) is 0 Å². The molecule has 0 unspecified atom stereocenters. The molecular formula is C52H64N12O4. The molecule has 68 heavy (non-hydrogen) atoms. The van der Waals surface area contributed by atoms with Crippen LogP contribution in [-0.4, -0.2) is 113 Å². The number of hydrogen-bond acceptors (Lipinski definition) is 10. The van der Waals surface area contributed by atoms with Gasteiger partial charge in [0.05, 0.1) is 50.8 Å². The van der Waals surface area contributed by atoms with Gasteiger partial charge in [-0.3, -0.25) is 28.3 Å². The molecule has 16 heteroatoms. The van der Waals surface area contributed by atoms with Crippen molar-refractivity contribution in [2.75, 3.05) is 62.4 Å². The first kappa shape index (κ1) is 44.3. The monoisotopic (exact) mass is 921 g/mol. The standard InChI is InChI=1S/2C26H32N6O2/c2*1-17-6-10-31(24-5-4-19(12-22(17)24)20-13-27-29(3)14-20)26-23-15-30(18(2)33)9-7-25(23)32(28-26)21-8-11-34-16-21/h2*4-5,12-14,17,21H,6-11,15-16H2,1-3H3/t17-,21+;17-,21-/m10/s1. The smallest absolute Gasteiger partial charge is 0.219 e. The van der Waals surface area contributed by atoms with E-state index in [1.165, 1.54) is 56.1 Å². The number of anilines is 4. The van der Waals surface area contributed by atoms with Gasteiger partial charge in [-0.2, -0.15) is 20.4 Å². The van der Waals surface area contributed by atoms with E-state index in [0.29, 0.717) is 38.1 Å². The SMILES string of the molecule is CC(=O)N1CCc2c(c(N3CC[C@@H](C)c4cc(-c5cnn(C)c5)ccc43)nn2[C@H]2CCOC2)C1.CC(=O)N1CCc2c(c(N3CC[C@H](C)c4cc(-c5cnn(C)c5)ccc43)nn2[C@H]2CCOC2)C1. The fraction of sp³-hybridized carbons (Fsp3) is 0.500. The van der Waals surface area contributed by atoms with E-state index < -0.39 is 0 Å². The Bertz CT molecular complexity index is 2670. The van der Waals surface area contributed by atoms with Gasteiger partial charge in [-0.15, -0.1) is 0 Å². The fourth-order valence-corrected chi connectivity index (χ4v) is 11.4. The van der Waals surface area contributed by atoms with Gasteiger partial charge in [0.25, 0.3) is 0 Å². The molecule has 0 aliphatic carbocycles. The maximum Gasteiger partial charge on any atom is 0.219 e. The summed E-state index contributed by atoms with van der Waals surface area (Å²) in [5.41, 5.74) is 14.7. The molecule has 6 aliphatic rings. The van der Waals surface area contributed by atoms with Crippen molar-refractivity contribution in [3.8, 4) is 22.3 Å². The van der Waals surface area contributed by atoms with Crippen molar-refractivity contribution in [3.05, 3.63) is 94.8 Å². The summed E-state index contributed by atoms with van der Waals surface area (Å²) in [4.78, 5) is 33.1. The van der Waals surface area contributed by atoms with Crippen LogP contribution in [0.4, 0.5) is 23.0 Å². The van der Waals surface area contributed by atoms with Crippen molar-refractivity contribution in [1.29, 1.82) is 0 Å². The Balaban J connectivity index is 0.000000149. The number of hydrogen-bond donors (Lipinski definition) is 0. The summed E-state index contributed by atoms with van der Waals surface area (Å²) < 4.78 is 19.5. The first-order valence-electron chi connectivity index (χ1n) is 24.7. The number of amides is 2. The zero-order chi connectivity index (χ0) is 46.8. The minimum Gasteiger partial charge on any atom is -0.379 e. The molecule has 0 spiro atoms. The lowest BCUT2D eigenvalue weighted by Gasteiger charge is -2.35. The highest BCUT2D eigenvalue weighted by molar-refractivity contribution is 5.78. The third-order valence-corrected chi connectivity index (χ3v) is 15.4. The Labute approximate surface area is 398 Å². The summed E-state index contributed by atoms with van der Waals surface area (Å²) in [6.07, 6.45) is 13.8. The summed E-state index contributed by atoms with van der Waals surface area (Å²) in [5, 5.41) is 19.1. The molecule has 6 aliphatic heterocycles. The van der Waals surface area contributed by atoms with Crippen LogP contribution in [0.1, 0.15) is 111 Å². The normalized spacial score (nSPS) is 22.1. The number of aromatic nitrogens is 8. The molecule has 2 saturated heterocycles. The van der Waals surface area contributed by atoms with Gasteiger partial charge in [-0.05, 0) is 84.0 Å². The van der Waals surface area contributed by atoms with Crippen LogP contribution in [0.15, 0.2) is 61.2 Å². The van der Waals surface area contributed by atoms with E-state index in [1.807, 2.05) is 45.7 Å². The van der Waals surface area contributed by atoms with Gasteiger partial charge in [0.15, 0.2) is 11.6 Å². The highest BCUT2D eigenvalue weighted by Gasteiger charge is 2.37. The molecule has 0 saturated carbocycles. The first-order chi connectivity index (χ1) is 33.0. The van der Waals surface area contributed by atoms with E-state index in [9.17, 15) is 9.59 Å². The van der Waals surface area contributed by atoms with Crippen LogP contribution in [-0.2, 0) is 59.1 Å². The molecule has 0 bridgehead atoms. The average molecular weight is 921 g/mol. The number of rotatable bonds is 6. The number of ether oxygens (including phenoxy) is 2. The van der Waals surface area contributed by atoms with Crippen molar-refractivity contribution < 1.29 is 19.1 Å². The van der Waals surface area contributed by atoms with Crippen molar-refractivity contribution in [2.45, 2.75) is 103 Å². The molecule has 2 fully saturated rings. The zero-order valence-electron chi connectivity index (χ0n) is 40.4. The van der Waals surface area contributed by atoms with E-state index in [2.05, 4.69) is 92.0 Å². The van der Waals surface area contributed by atoms with E-state index in [0.717, 1.165) is 101 Å². The van der Waals surface area contributed by atoms with Gasteiger partial charge in [0.1, 0.15) is 0 Å². The van der Waals surface area contributed by atoms with Gasteiger partial charge in [-0.1, -0.05) is 26.0 Å². The van der Waals surface area contributed by atoms with Crippen LogP contribution < -0.4 is 9.80 Å². The largest absolute Gasteiger partial charge is 0.379 e. The van der Waals surface area contributed by atoms with Crippen LogP contribution in [0, 0.1) is 0 Å². The summed E-state index contributed by atoms with van der Waals surface area (Å²) in [6, 6.07) is 14.1. The maximum absolute atomic E-state index is 12.2. The summed E-state index contributed by atoms with van der Waals surface area (Å²) >= 11 is 0. The molecule has 4 atom stereocenters. The lowest BCUT2D eigenvalue weighted by Crippen LogP contribution is -2.36. The quantitative estimate of drug-likeness (QED) is 0.164. The van der Waals surface area contributed by atoms with Gasteiger partial charge in [0.2, 0.25) is 11.8 Å². The first-order valence-corrected chi connectivity index (χ1v) is 24.7. The Morgan fingerprint density at radius 1 is 0.588 bits per heavy atom. The molecule has 356 valence electrons. The predicted octanol–water partition coefficient (Wildman–Crippen LogP) is 7.59. The van der Waals surface area contributed by atoms with Crippen LogP contribution >= 0.6 is 0 Å². The molecule has 2 amide bonds. The molecule has 16 nitrogen and oxygen atoms in total. The number of fused-ring (bicyclic) bond motifs is 4. The Kier molecular flexibility index (Phi) is 11.7. The van der Waals surface area contributed by atoms with E-state index in [4.69, 9.17) is 19.7 Å². The van der Waals surface area contributed by atoms with Gasteiger partial charge < -0.3 is 29.1 Å². The molecule has 0 N–H and O–H groups in total. The third kappa shape index (κ3) is 8.08. The van der Waals surface area contributed by atoms with Gasteiger partial charge in [0, 0.05) is 138 Å². The Morgan fingerprint density at radius 2 is 1.03 bits per heavy atom. The molecule has 12 rings (SSSR count). The molecular weight excluding hydrogens is 857 g/mol. The lowest BCUT2D eigenvalue weighted by molar-refractivity contribution is -0.130. The number of carbonyl (C=O) groups is 2. The summed E-state index contributed by atoms with van der Waals surface area (Å²) in [5.74, 6) is 3.21. The Morgan fingerprint density at radius 3 is 1.40 bits per heavy atom. The average Bonchev–Trinajstić information content (AvgIpc) is 4.22. The maximum atomic E-state index is 12.2. The third-order valence-electron chi connectivity index (χ3n) is 15.4. The van der Waals surface area contributed by atoms with Crippen molar-refractivity contribution in [1.82, 2.24) is 48.9 Å². The molecule has 10 heterocycles. The minimum absolute atomic E-state index is 0.127. The fourth-order valence-electron chi connectivity index (χ4n) is 11.4. The van der Waals surface area contributed by atoms with Crippen molar-refractivity contribution in [2.24, 2.45) is 14.1 Å². The number of carbonyl (C=O) groups excluding carboxylic acids is 2. The van der Waals surface area contributed by atoms with Crippen LogP contribution in [0.25, 0.3) is 22.3 Å². The van der Waals surface area contributed by atoms with Crippen molar-refractivity contribution >= 4 is 34.8 Å². The lowest BCUT2D eigenvalue weighted by atomic mass is 9.89. The van der Waals surface area contributed by atoms with Gasteiger partial charge in [-0.25, -0.2) is 0 Å². The topological polar surface area (TPSA) is 137 Å². The second-order valence-corrected chi connectivity index (χ2v) is 19.8. The second kappa shape index (κ2) is 18.0.